The van der Waals surface area contributed by atoms with Crippen LogP contribution in [0.15, 0.2) is 67.0 Å². The Hall–Kier alpha value is -3.41. The lowest BCUT2D eigenvalue weighted by Crippen LogP contribution is -2.41. The lowest BCUT2D eigenvalue weighted by Gasteiger charge is -2.32. The summed E-state index contributed by atoms with van der Waals surface area (Å²) in [5.41, 5.74) is 3.29. The molecule has 158 valence electrons. The Balaban J connectivity index is 1.43. The predicted octanol–water partition coefficient (Wildman–Crippen LogP) is 4.33. The van der Waals surface area contributed by atoms with Gasteiger partial charge in [0.05, 0.1) is 0 Å². The summed E-state index contributed by atoms with van der Waals surface area (Å²) in [6.07, 6.45) is 3.82. The third-order valence-corrected chi connectivity index (χ3v) is 6.30. The van der Waals surface area contributed by atoms with Gasteiger partial charge in [0.2, 0.25) is 5.91 Å². The van der Waals surface area contributed by atoms with Gasteiger partial charge >= 0.3 is 0 Å². The molecule has 0 aliphatic carbocycles. The molecule has 1 unspecified atom stereocenters. The van der Waals surface area contributed by atoms with E-state index in [2.05, 4.69) is 56.6 Å². The molecule has 6 nitrogen and oxygen atoms in total. The average molecular weight is 414 g/mol. The Kier molecular flexibility index (Phi) is 5.28. The van der Waals surface area contributed by atoms with Gasteiger partial charge in [-0.2, -0.15) is 0 Å². The number of rotatable bonds is 5. The molecule has 1 saturated heterocycles. The zero-order valence-corrected chi connectivity index (χ0v) is 17.8. The van der Waals surface area contributed by atoms with E-state index in [1.165, 1.54) is 0 Å². The SMILES string of the molecule is CCn1cnnc1C1CCCN(C(=O)Cn2c(-c3ccccc3)cc3ccccc32)C1. The molecule has 0 N–H and O–H groups in total. The molecule has 1 amide bonds. The molecule has 2 aromatic carbocycles. The van der Waals surface area contributed by atoms with Crippen molar-refractivity contribution in [1.29, 1.82) is 0 Å². The summed E-state index contributed by atoms with van der Waals surface area (Å²) in [5, 5.41) is 9.58. The van der Waals surface area contributed by atoms with Crippen molar-refractivity contribution in [2.24, 2.45) is 0 Å². The van der Waals surface area contributed by atoms with E-state index in [9.17, 15) is 4.79 Å². The van der Waals surface area contributed by atoms with Crippen molar-refractivity contribution >= 4 is 16.8 Å². The van der Waals surface area contributed by atoms with Crippen LogP contribution in [0.4, 0.5) is 0 Å². The Morgan fingerprint density at radius 3 is 2.74 bits per heavy atom. The van der Waals surface area contributed by atoms with Gasteiger partial charge in [-0.05, 0) is 37.5 Å². The van der Waals surface area contributed by atoms with Crippen molar-refractivity contribution in [2.45, 2.75) is 38.8 Å². The van der Waals surface area contributed by atoms with Gasteiger partial charge in [-0.25, -0.2) is 0 Å². The van der Waals surface area contributed by atoms with Crippen molar-refractivity contribution < 1.29 is 4.79 Å². The lowest BCUT2D eigenvalue weighted by molar-refractivity contribution is -0.133. The van der Waals surface area contributed by atoms with Crippen LogP contribution in [0.25, 0.3) is 22.2 Å². The number of carbonyl (C=O) groups is 1. The standard InChI is InChI=1S/C25H27N5O/c1-2-28-18-26-27-25(28)21-12-8-14-29(16-21)24(31)17-30-22-13-7-6-11-20(22)15-23(30)19-9-4-3-5-10-19/h3-7,9-11,13,15,18,21H,2,8,12,14,16-17H2,1H3. The quantitative estimate of drug-likeness (QED) is 0.489. The zero-order valence-electron chi connectivity index (χ0n) is 17.8. The van der Waals surface area contributed by atoms with Crippen LogP contribution in [0.3, 0.4) is 0 Å². The molecule has 1 fully saturated rings. The van der Waals surface area contributed by atoms with E-state index in [0.29, 0.717) is 13.1 Å². The Morgan fingerprint density at radius 2 is 1.90 bits per heavy atom. The van der Waals surface area contributed by atoms with E-state index in [1.807, 2.05) is 35.2 Å². The Labute approximate surface area is 182 Å². The number of amides is 1. The minimum atomic E-state index is 0.158. The number of aromatic nitrogens is 4. The molecular weight excluding hydrogens is 386 g/mol. The van der Waals surface area contributed by atoms with E-state index in [1.54, 1.807) is 6.33 Å². The fourth-order valence-electron chi connectivity index (χ4n) is 4.70. The molecule has 31 heavy (non-hydrogen) atoms. The van der Waals surface area contributed by atoms with Gasteiger partial charge < -0.3 is 14.0 Å². The van der Waals surface area contributed by atoms with Crippen LogP contribution in [0.5, 0.6) is 0 Å². The summed E-state index contributed by atoms with van der Waals surface area (Å²) in [6.45, 7) is 4.79. The highest BCUT2D eigenvalue weighted by Gasteiger charge is 2.28. The summed E-state index contributed by atoms with van der Waals surface area (Å²) >= 11 is 0. The molecule has 3 heterocycles. The third-order valence-electron chi connectivity index (χ3n) is 6.30. The maximum atomic E-state index is 13.4. The molecule has 1 atom stereocenters. The van der Waals surface area contributed by atoms with Crippen LogP contribution in [-0.2, 0) is 17.9 Å². The number of benzene rings is 2. The summed E-state index contributed by atoms with van der Waals surface area (Å²) < 4.78 is 4.25. The van der Waals surface area contributed by atoms with Gasteiger partial charge in [-0.3, -0.25) is 4.79 Å². The number of hydrogen-bond donors (Lipinski definition) is 0. The number of nitrogens with zero attached hydrogens (tertiary/aromatic N) is 5. The predicted molar refractivity (Wildman–Crippen MR) is 122 cm³/mol. The van der Waals surface area contributed by atoms with Crippen LogP contribution in [0.1, 0.15) is 31.5 Å². The van der Waals surface area contributed by atoms with E-state index in [0.717, 1.165) is 53.9 Å². The molecule has 6 heteroatoms. The average Bonchev–Trinajstić information content (AvgIpc) is 3.45. The van der Waals surface area contributed by atoms with Crippen molar-refractivity contribution in [2.75, 3.05) is 13.1 Å². The highest BCUT2D eigenvalue weighted by atomic mass is 16.2. The summed E-state index contributed by atoms with van der Waals surface area (Å²) in [6, 6.07) is 20.8. The number of carbonyl (C=O) groups excluding carboxylic acids is 1. The Bertz CT molecular complexity index is 1190. The molecular formula is C25H27N5O. The van der Waals surface area contributed by atoms with Crippen molar-refractivity contribution in [1.82, 2.24) is 24.2 Å². The van der Waals surface area contributed by atoms with Crippen LogP contribution in [0, 0.1) is 0 Å². The fraction of sp³-hybridized carbons (Fsp3) is 0.320. The first-order valence-electron chi connectivity index (χ1n) is 11.0. The first-order valence-corrected chi connectivity index (χ1v) is 11.0. The Morgan fingerprint density at radius 1 is 1.10 bits per heavy atom. The van der Waals surface area contributed by atoms with Crippen molar-refractivity contribution in [3.8, 4) is 11.3 Å². The number of para-hydroxylation sites is 1. The number of piperidine rings is 1. The van der Waals surface area contributed by atoms with Gasteiger partial charge in [0.15, 0.2) is 0 Å². The van der Waals surface area contributed by atoms with Gasteiger partial charge in [-0.15, -0.1) is 10.2 Å². The number of fused-ring (bicyclic) bond motifs is 1. The van der Waals surface area contributed by atoms with E-state index in [4.69, 9.17) is 0 Å². The van der Waals surface area contributed by atoms with Crippen LogP contribution < -0.4 is 0 Å². The summed E-state index contributed by atoms with van der Waals surface area (Å²) in [5.74, 6) is 1.40. The number of likely N-dealkylation sites (tertiary alicyclic amines) is 1. The van der Waals surface area contributed by atoms with Crippen molar-refractivity contribution in [3.05, 3.63) is 72.8 Å². The second-order valence-electron chi connectivity index (χ2n) is 8.19. The van der Waals surface area contributed by atoms with Gasteiger partial charge in [0.25, 0.3) is 0 Å². The van der Waals surface area contributed by atoms with E-state index < -0.39 is 0 Å². The number of hydrogen-bond acceptors (Lipinski definition) is 3. The second-order valence-corrected chi connectivity index (χ2v) is 8.19. The molecule has 2 aromatic heterocycles. The molecule has 1 aliphatic rings. The highest BCUT2D eigenvalue weighted by Crippen LogP contribution is 2.30. The smallest absolute Gasteiger partial charge is 0.242 e. The molecule has 1 aliphatic heterocycles. The maximum Gasteiger partial charge on any atom is 0.242 e. The minimum absolute atomic E-state index is 0.158. The third kappa shape index (κ3) is 3.74. The first-order chi connectivity index (χ1) is 15.2. The van der Waals surface area contributed by atoms with E-state index in [-0.39, 0.29) is 11.8 Å². The molecule has 4 aromatic rings. The van der Waals surface area contributed by atoms with Crippen molar-refractivity contribution in [3.63, 3.8) is 0 Å². The molecule has 0 saturated carbocycles. The minimum Gasteiger partial charge on any atom is -0.340 e. The van der Waals surface area contributed by atoms with Crippen LogP contribution >= 0.6 is 0 Å². The molecule has 5 rings (SSSR count). The normalized spacial score (nSPS) is 16.7. The zero-order chi connectivity index (χ0) is 21.2. The largest absolute Gasteiger partial charge is 0.340 e. The van der Waals surface area contributed by atoms with Crippen LogP contribution in [-0.4, -0.2) is 43.2 Å². The van der Waals surface area contributed by atoms with E-state index >= 15 is 0 Å². The monoisotopic (exact) mass is 413 g/mol. The maximum absolute atomic E-state index is 13.4. The summed E-state index contributed by atoms with van der Waals surface area (Å²) in [4.78, 5) is 15.4. The second kappa shape index (κ2) is 8.38. The van der Waals surface area contributed by atoms with Gasteiger partial charge in [0.1, 0.15) is 18.7 Å². The van der Waals surface area contributed by atoms with Gasteiger partial charge in [0, 0.05) is 42.1 Å². The lowest BCUT2D eigenvalue weighted by atomic mass is 9.97. The molecule has 0 spiro atoms. The first kappa shape index (κ1) is 19.5. The fourth-order valence-corrected chi connectivity index (χ4v) is 4.70. The number of aryl methyl sites for hydroxylation is 1. The molecule has 0 radical (unpaired) electrons. The summed E-state index contributed by atoms with van der Waals surface area (Å²) in [7, 11) is 0. The van der Waals surface area contributed by atoms with Crippen LogP contribution in [0.2, 0.25) is 0 Å². The molecule has 0 bridgehead atoms. The highest BCUT2D eigenvalue weighted by molar-refractivity contribution is 5.89. The van der Waals surface area contributed by atoms with Gasteiger partial charge in [-0.1, -0.05) is 48.5 Å². The topological polar surface area (TPSA) is 56.0 Å².